The Kier molecular flexibility index (Phi) is 65.1. The lowest BCUT2D eigenvalue weighted by Crippen LogP contribution is -2.21. The first-order valence-corrected chi connectivity index (χ1v) is 18.4. The molecule has 0 fully saturated rings. The van der Waals surface area contributed by atoms with Crippen molar-refractivity contribution in [3.8, 4) is 0 Å². The Hall–Kier alpha value is -0.240. The van der Waals surface area contributed by atoms with Crippen LogP contribution in [-0.4, -0.2) is 147 Å². The fraction of sp³-hybridized carbons (Fsp3) is 1.00. The van der Waals surface area contributed by atoms with Crippen molar-refractivity contribution in [2.75, 3.05) is 118 Å². The molecule has 0 rings (SSSR count). The lowest BCUT2D eigenvalue weighted by molar-refractivity contribution is 0.321. The highest BCUT2D eigenvalue weighted by Gasteiger charge is 1.92. The second-order valence-electron chi connectivity index (χ2n) is 9.72. The summed E-state index contributed by atoms with van der Waals surface area (Å²) in [7, 11) is 0. The summed E-state index contributed by atoms with van der Waals surface area (Å²) in [4.78, 5) is 14.2. The number of hydrogen-bond donors (Lipinski definition) is 0. The van der Waals surface area contributed by atoms with Crippen molar-refractivity contribution in [3.05, 3.63) is 0 Å². The quantitative estimate of drug-likeness (QED) is 0.156. The Morgan fingerprint density at radius 1 is 0.143 bits per heavy atom. The number of rotatable bonds is 18. The average Bonchev–Trinajstić information content (AvgIpc) is 3.04. The Balaban J connectivity index is -0.0000000926. The maximum absolute atomic E-state index is 2.38. The highest BCUT2D eigenvalue weighted by molar-refractivity contribution is 4.47. The van der Waals surface area contributed by atoms with Gasteiger partial charge in [0.1, 0.15) is 0 Å². The minimum atomic E-state index is 1.19. The van der Waals surface area contributed by atoms with Crippen molar-refractivity contribution < 1.29 is 0 Å². The summed E-state index contributed by atoms with van der Waals surface area (Å²) in [6.07, 6.45) is 0. The van der Waals surface area contributed by atoms with Gasteiger partial charge in [-0.05, 0) is 118 Å². The van der Waals surface area contributed by atoms with E-state index in [1.54, 1.807) is 0 Å². The molecular weight excluding hydrogens is 516 g/mol. The molecule has 0 aromatic carbocycles. The van der Waals surface area contributed by atoms with Crippen molar-refractivity contribution >= 4 is 0 Å². The van der Waals surface area contributed by atoms with Crippen LogP contribution in [0.3, 0.4) is 0 Å². The molecule has 264 valence electrons. The molecule has 42 heavy (non-hydrogen) atoms. The molecule has 6 heteroatoms. The minimum Gasteiger partial charge on any atom is -0.304 e. The van der Waals surface area contributed by atoms with Crippen molar-refractivity contribution in [3.63, 3.8) is 0 Å². The Labute approximate surface area is 271 Å². The Morgan fingerprint density at radius 2 is 0.190 bits per heavy atom. The molecule has 0 unspecified atom stereocenters. The summed E-state index contributed by atoms with van der Waals surface area (Å²) in [5.41, 5.74) is 0. The fourth-order valence-electron chi connectivity index (χ4n) is 4.02. The molecule has 0 N–H and O–H groups in total. The third-order valence-electron chi connectivity index (χ3n) is 8.05. The van der Waals surface area contributed by atoms with E-state index in [2.05, 4.69) is 154 Å². The van der Waals surface area contributed by atoms with E-state index in [-0.39, 0.29) is 0 Å². The van der Waals surface area contributed by atoms with Crippen LogP contribution in [0.4, 0.5) is 0 Å². The zero-order valence-electron chi connectivity index (χ0n) is 33.4. The second-order valence-corrected chi connectivity index (χ2v) is 9.72. The van der Waals surface area contributed by atoms with E-state index in [4.69, 9.17) is 0 Å². The van der Waals surface area contributed by atoms with Crippen molar-refractivity contribution in [1.82, 2.24) is 29.4 Å². The third-order valence-corrected chi connectivity index (χ3v) is 8.05. The molecule has 0 aliphatic heterocycles. The van der Waals surface area contributed by atoms with Crippen LogP contribution in [0.5, 0.6) is 0 Å². The van der Waals surface area contributed by atoms with E-state index >= 15 is 0 Å². The van der Waals surface area contributed by atoms with Gasteiger partial charge in [-0.25, -0.2) is 0 Å². The highest BCUT2D eigenvalue weighted by Crippen LogP contribution is 1.84. The maximum atomic E-state index is 2.38. The van der Waals surface area contributed by atoms with E-state index < -0.39 is 0 Å². The Morgan fingerprint density at radius 3 is 0.190 bits per heavy atom. The van der Waals surface area contributed by atoms with Crippen LogP contribution in [0, 0.1) is 0 Å². The van der Waals surface area contributed by atoms with Gasteiger partial charge in [0, 0.05) is 0 Å². The van der Waals surface area contributed by atoms with Crippen LogP contribution in [-0.2, 0) is 0 Å². The SMILES string of the molecule is CCN(CC)CC.CCN(CC)CC.CCN(CC)CC.CCN(CC)CC.CCN(CC)CC.CCN(CC)CC. The summed E-state index contributed by atoms with van der Waals surface area (Å²) in [5, 5.41) is 0. The normalized spacial score (nSPS) is 10.3. The van der Waals surface area contributed by atoms with Crippen LogP contribution >= 0.6 is 0 Å². The molecule has 0 aromatic rings. The van der Waals surface area contributed by atoms with E-state index in [0.717, 1.165) is 0 Å². The van der Waals surface area contributed by atoms with Gasteiger partial charge in [0.15, 0.2) is 0 Å². The smallest absolute Gasteiger partial charge is 0.00474 e. The van der Waals surface area contributed by atoms with E-state index in [1.807, 2.05) is 0 Å². The summed E-state index contributed by atoms with van der Waals surface area (Å²) in [6.45, 7) is 60.8. The van der Waals surface area contributed by atoms with Gasteiger partial charge in [-0.1, -0.05) is 125 Å². The molecule has 0 amide bonds. The number of nitrogens with zero attached hydrogens (tertiary/aromatic N) is 6. The van der Waals surface area contributed by atoms with E-state index in [1.165, 1.54) is 118 Å². The molecule has 0 aliphatic carbocycles. The topological polar surface area (TPSA) is 19.4 Å². The standard InChI is InChI=1S/6C6H15N/c6*1-4-7(5-2)6-3/h6*4-6H2,1-3H3. The first kappa shape index (κ1) is 54.3. The zero-order valence-corrected chi connectivity index (χ0v) is 33.4. The average molecular weight is 607 g/mol. The van der Waals surface area contributed by atoms with Gasteiger partial charge in [0.05, 0.1) is 0 Å². The number of hydrogen-bond acceptors (Lipinski definition) is 6. The third kappa shape index (κ3) is 46.7. The van der Waals surface area contributed by atoms with Crippen molar-refractivity contribution in [1.29, 1.82) is 0 Å². The molecule has 0 heterocycles. The zero-order chi connectivity index (χ0) is 34.2. The summed E-state index contributed by atoms with van der Waals surface area (Å²) >= 11 is 0. The first-order valence-electron chi connectivity index (χ1n) is 18.4. The Bertz CT molecular complexity index is 247. The maximum Gasteiger partial charge on any atom is -0.00474 e. The molecule has 0 atom stereocenters. The van der Waals surface area contributed by atoms with Crippen LogP contribution in [0.2, 0.25) is 0 Å². The van der Waals surface area contributed by atoms with Crippen LogP contribution < -0.4 is 0 Å². The highest BCUT2D eigenvalue weighted by atomic mass is 15.1. The predicted octanol–water partition coefficient (Wildman–Crippen LogP) is 8.09. The van der Waals surface area contributed by atoms with Gasteiger partial charge in [-0.15, -0.1) is 0 Å². The lowest BCUT2D eigenvalue weighted by Gasteiger charge is -2.13. The van der Waals surface area contributed by atoms with Gasteiger partial charge >= 0.3 is 0 Å². The van der Waals surface area contributed by atoms with Crippen molar-refractivity contribution in [2.24, 2.45) is 0 Å². The molecule has 0 radical (unpaired) electrons. The van der Waals surface area contributed by atoms with Crippen molar-refractivity contribution in [2.45, 2.75) is 125 Å². The molecule has 0 spiro atoms. The molecular formula is C36H90N6. The monoisotopic (exact) mass is 607 g/mol. The van der Waals surface area contributed by atoms with Gasteiger partial charge in [0.25, 0.3) is 0 Å². The second kappa shape index (κ2) is 50.4. The van der Waals surface area contributed by atoms with E-state index in [0.29, 0.717) is 0 Å². The van der Waals surface area contributed by atoms with Gasteiger partial charge in [0.2, 0.25) is 0 Å². The fourth-order valence-corrected chi connectivity index (χ4v) is 4.02. The largest absolute Gasteiger partial charge is 0.304 e. The van der Waals surface area contributed by atoms with Crippen LogP contribution in [0.15, 0.2) is 0 Å². The van der Waals surface area contributed by atoms with Gasteiger partial charge in [-0.3, -0.25) is 0 Å². The predicted molar refractivity (Wildman–Crippen MR) is 201 cm³/mol. The molecule has 0 aromatic heterocycles. The molecule has 6 nitrogen and oxygen atoms in total. The summed E-state index contributed by atoms with van der Waals surface area (Å²) < 4.78 is 0. The molecule has 0 saturated heterocycles. The van der Waals surface area contributed by atoms with Gasteiger partial charge < -0.3 is 29.4 Å². The summed E-state index contributed by atoms with van der Waals surface area (Å²) in [5.74, 6) is 0. The first-order chi connectivity index (χ1) is 20.1. The van der Waals surface area contributed by atoms with Gasteiger partial charge in [-0.2, -0.15) is 0 Å². The summed E-state index contributed by atoms with van der Waals surface area (Å²) in [6, 6.07) is 0. The molecule has 0 saturated carbocycles. The van der Waals surface area contributed by atoms with Crippen LogP contribution in [0.25, 0.3) is 0 Å². The van der Waals surface area contributed by atoms with E-state index in [9.17, 15) is 0 Å². The lowest BCUT2D eigenvalue weighted by atomic mass is 10.5. The molecule has 0 aliphatic rings. The van der Waals surface area contributed by atoms with Crippen LogP contribution in [0.1, 0.15) is 125 Å². The molecule has 0 bridgehead atoms. The minimum absolute atomic E-state index is 1.19.